The number of nitrogens with zero attached hydrogens (tertiary/aromatic N) is 3. The van der Waals surface area contributed by atoms with Gasteiger partial charge in [0.05, 0.1) is 22.4 Å². The first-order valence-electron chi connectivity index (χ1n) is 11.5. The molecule has 0 radical (unpaired) electrons. The van der Waals surface area contributed by atoms with Crippen molar-refractivity contribution < 1.29 is 4.42 Å². The van der Waals surface area contributed by atoms with Crippen molar-refractivity contribution in [1.82, 2.24) is 10.3 Å². The first-order chi connectivity index (χ1) is 15.9. The molecule has 0 amide bonds. The molecule has 2 fully saturated rings. The molecule has 4 heterocycles. The summed E-state index contributed by atoms with van der Waals surface area (Å²) in [5, 5.41) is 4.84. The van der Waals surface area contributed by atoms with Gasteiger partial charge in [-0.2, -0.15) is 0 Å². The molecule has 5 rings (SSSR count). The first-order valence-corrected chi connectivity index (χ1v) is 12.3. The summed E-state index contributed by atoms with van der Waals surface area (Å²) in [6.07, 6.45) is 3.07. The zero-order valence-electron chi connectivity index (χ0n) is 19.2. The van der Waals surface area contributed by atoms with Gasteiger partial charge < -0.3 is 19.5 Å². The Hall–Kier alpha value is -2.57. The van der Waals surface area contributed by atoms with Gasteiger partial charge in [-0.05, 0) is 79.9 Å². The van der Waals surface area contributed by atoms with E-state index in [0.29, 0.717) is 16.9 Å². The van der Waals surface area contributed by atoms with E-state index in [4.69, 9.17) is 28.2 Å². The number of halogens is 1. The fourth-order valence-corrected chi connectivity index (χ4v) is 5.94. The smallest absolute Gasteiger partial charge is 0.174 e. The number of thiocarbonyl (C=S) groups is 1. The van der Waals surface area contributed by atoms with Crippen LogP contribution in [0.15, 0.2) is 59.1 Å². The average Bonchev–Trinajstić information content (AvgIpc) is 3.36. The number of aryl methyl sites for hydroxylation is 1. The molecular weight excluding hydrogens is 452 g/mol. The maximum absolute atomic E-state index is 6.87. The zero-order valence-corrected chi connectivity index (χ0v) is 20.7. The number of piperidine rings is 1. The molecule has 2 aliphatic rings. The molecule has 7 heteroatoms. The van der Waals surface area contributed by atoms with E-state index in [9.17, 15) is 0 Å². The summed E-state index contributed by atoms with van der Waals surface area (Å²) in [5.74, 6) is 3.02. The van der Waals surface area contributed by atoms with E-state index in [1.54, 1.807) is 6.20 Å². The molecule has 2 saturated heterocycles. The molecular formula is C26H29ClN4OS. The fourth-order valence-electron chi connectivity index (χ4n) is 5.30. The molecule has 1 N–H and O–H groups in total. The number of pyridine rings is 1. The van der Waals surface area contributed by atoms with Crippen LogP contribution in [0.2, 0.25) is 5.02 Å². The van der Waals surface area contributed by atoms with Crippen LogP contribution < -0.4 is 15.1 Å². The van der Waals surface area contributed by atoms with Crippen LogP contribution in [-0.2, 0) is 0 Å². The maximum atomic E-state index is 6.87. The van der Waals surface area contributed by atoms with E-state index in [1.165, 1.54) is 6.42 Å². The van der Waals surface area contributed by atoms with Crippen LogP contribution in [-0.4, -0.2) is 23.2 Å². The van der Waals surface area contributed by atoms with E-state index in [1.807, 2.05) is 43.3 Å². The molecule has 4 atom stereocenters. The van der Waals surface area contributed by atoms with Crippen molar-refractivity contribution in [2.45, 2.75) is 39.3 Å². The van der Waals surface area contributed by atoms with Gasteiger partial charge in [-0.25, -0.2) is 0 Å². The predicted molar refractivity (Wildman–Crippen MR) is 138 cm³/mol. The Morgan fingerprint density at radius 3 is 2.52 bits per heavy atom. The highest BCUT2D eigenvalue weighted by atomic mass is 35.5. The van der Waals surface area contributed by atoms with E-state index < -0.39 is 0 Å². The largest absolute Gasteiger partial charge is 0.464 e. The second-order valence-electron chi connectivity index (χ2n) is 9.43. The Morgan fingerprint density at radius 2 is 1.88 bits per heavy atom. The number of rotatable bonds is 4. The number of aromatic nitrogens is 1. The standard InChI is InChI=1S/C26H29ClN4OS/c1-16-12-17(2)15-30(14-16)22-9-8-19(13-20(22)27)31-25(23-10-7-18(3)32-23)24(29-26(31)33)21-6-4-5-11-28-21/h4-11,13,16-17,24-25H,12,14-15H2,1-3H3,(H,29,33)/t16-,17+,24-,25+/m1/s1. The number of hydrogen-bond donors (Lipinski definition) is 1. The Kier molecular flexibility index (Phi) is 6.06. The Morgan fingerprint density at radius 1 is 1.09 bits per heavy atom. The van der Waals surface area contributed by atoms with E-state index in [2.05, 4.69) is 46.1 Å². The molecule has 0 saturated carbocycles. The van der Waals surface area contributed by atoms with Crippen molar-refractivity contribution in [2.75, 3.05) is 22.9 Å². The number of benzene rings is 1. The molecule has 2 aliphatic heterocycles. The lowest BCUT2D eigenvalue weighted by Crippen LogP contribution is -2.38. The third-order valence-electron chi connectivity index (χ3n) is 6.57. The van der Waals surface area contributed by atoms with Crippen molar-refractivity contribution in [3.63, 3.8) is 0 Å². The lowest BCUT2D eigenvalue weighted by atomic mass is 9.91. The van der Waals surface area contributed by atoms with Gasteiger partial charge in [0, 0.05) is 25.0 Å². The van der Waals surface area contributed by atoms with Crippen molar-refractivity contribution in [3.8, 4) is 0 Å². The molecule has 0 bridgehead atoms. The van der Waals surface area contributed by atoms with Crippen molar-refractivity contribution in [3.05, 3.63) is 77.0 Å². The highest BCUT2D eigenvalue weighted by molar-refractivity contribution is 7.80. The van der Waals surface area contributed by atoms with Gasteiger partial charge in [0.25, 0.3) is 0 Å². The van der Waals surface area contributed by atoms with Crippen LogP contribution in [0.3, 0.4) is 0 Å². The van der Waals surface area contributed by atoms with Crippen LogP contribution in [0.5, 0.6) is 0 Å². The SMILES string of the molecule is Cc1ccc([C@H]2[C@@H](c3ccccn3)NC(=S)N2c2ccc(N3C[C@H](C)C[C@H](C)C3)c(Cl)c2)o1. The number of hydrogen-bond acceptors (Lipinski definition) is 4. The third kappa shape index (κ3) is 4.34. The highest BCUT2D eigenvalue weighted by Gasteiger charge is 2.42. The molecule has 5 nitrogen and oxygen atoms in total. The Labute approximate surface area is 205 Å². The molecule has 0 unspecified atom stereocenters. The van der Waals surface area contributed by atoms with Gasteiger partial charge in [0.1, 0.15) is 17.6 Å². The van der Waals surface area contributed by atoms with E-state index >= 15 is 0 Å². The molecule has 2 aromatic heterocycles. The molecule has 1 aromatic carbocycles. The number of furan rings is 1. The second kappa shape index (κ2) is 8.99. The van der Waals surface area contributed by atoms with Crippen molar-refractivity contribution in [1.29, 1.82) is 0 Å². The highest BCUT2D eigenvalue weighted by Crippen LogP contribution is 2.43. The minimum atomic E-state index is -0.168. The Bertz CT molecular complexity index is 1140. The lowest BCUT2D eigenvalue weighted by molar-refractivity contribution is 0.357. The summed E-state index contributed by atoms with van der Waals surface area (Å²) >= 11 is 12.7. The van der Waals surface area contributed by atoms with Gasteiger partial charge in [-0.15, -0.1) is 0 Å². The van der Waals surface area contributed by atoms with E-state index in [0.717, 1.165) is 46.7 Å². The van der Waals surface area contributed by atoms with Gasteiger partial charge in [-0.1, -0.05) is 31.5 Å². The third-order valence-corrected chi connectivity index (χ3v) is 7.19. The fraction of sp³-hybridized carbons (Fsp3) is 0.385. The van der Waals surface area contributed by atoms with Crippen molar-refractivity contribution in [2.24, 2.45) is 11.8 Å². The van der Waals surface area contributed by atoms with Gasteiger partial charge in [0.2, 0.25) is 0 Å². The topological polar surface area (TPSA) is 44.5 Å². The molecule has 172 valence electrons. The minimum absolute atomic E-state index is 0.133. The predicted octanol–water partition coefficient (Wildman–Crippen LogP) is 6.30. The summed E-state index contributed by atoms with van der Waals surface area (Å²) in [7, 11) is 0. The molecule has 0 spiro atoms. The minimum Gasteiger partial charge on any atom is -0.464 e. The second-order valence-corrected chi connectivity index (χ2v) is 10.2. The molecule has 3 aromatic rings. The maximum Gasteiger partial charge on any atom is 0.174 e. The van der Waals surface area contributed by atoms with Gasteiger partial charge in [0.15, 0.2) is 5.11 Å². The van der Waals surface area contributed by atoms with Crippen LogP contribution in [0.25, 0.3) is 0 Å². The van der Waals surface area contributed by atoms with Crippen LogP contribution in [0, 0.1) is 18.8 Å². The van der Waals surface area contributed by atoms with Gasteiger partial charge >= 0.3 is 0 Å². The monoisotopic (exact) mass is 480 g/mol. The first kappa shape index (κ1) is 22.2. The van der Waals surface area contributed by atoms with Crippen LogP contribution in [0.1, 0.15) is 49.6 Å². The number of nitrogens with one attached hydrogen (secondary N) is 1. The van der Waals surface area contributed by atoms with Crippen LogP contribution in [0.4, 0.5) is 11.4 Å². The van der Waals surface area contributed by atoms with Gasteiger partial charge in [-0.3, -0.25) is 4.98 Å². The molecule has 0 aliphatic carbocycles. The normalized spacial score (nSPS) is 25.4. The summed E-state index contributed by atoms with van der Waals surface area (Å²) < 4.78 is 6.08. The summed E-state index contributed by atoms with van der Waals surface area (Å²) in [6.45, 7) is 8.64. The summed E-state index contributed by atoms with van der Waals surface area (Å²) in [6, 6.07) is 15.9. The summed E-state index contributed by atoms with van der Waals surface area (Å²) in [5.41, 5.74) is 2.95. The summed E-state index contributed by atoms with van der Waals surface area (Å²) in [4.78, 5) is 9.10. The quantitative estimate of drug-likeness (QED) is 0.442. The lowest BCUT2D eigenvalue weighted by Gasteiger charge is -2.37. The Balaban J connectivity index is 1.51. The van der Waals surface area contributed by atoms with Crippen LogP contribution >= 0.6 is 23.8 Å². The van der Waals surface area contributed by atoms with Crippen molar-refractivity contribution >= 4 is 40.3 Å². The average molecular weight is 481 g/mol. The van der Waals surface area contributed by atoms with E-state index in [-0.39, 0.29) is 12.1 Å². The zero-order chi connectivity index (χ0) is 23.1. The number of anilines is 2. The molecule has 33 heavy (non-hydrogen) atoms.